The van der Waals surface area contributed by atoms with Crippen LogP contribution in [0.15, 0.2) is 0 Å². The fourth-order valence-electron chi connectivity index (χ4n) is 1.04. The standard InChI is InChI=1S/C6H10BrFO2/c1-3-5(8)6(9)4(2-7)10-3/h3-6,9H,2H2,1H3/t3-,4?,5+,6+/m0/s1. The van der Waals surface area contributed by atoms with E-state index < -0.39 is 18.4 Å². The summed E-state index contributed by atoms with van der Waals surface area (Å²) in [5.41, 5.74) is 0. The molecule has 0 aromatic carbocycles. The van der Waals surface area contributed by atoms with Gasteiger partial charge in [0.25, 0.3) is 0 Å². The smallest absolute Gasteiger partial charge is 0.154 e. The van der Waals surface area contributed by atoms with E-state index in [4.69, 9.17) is 9.84 Å². The average molecular weight is 213 g/mol. The van der Waals surface area contributed by atoms with E-state index in [2.05, 4.69) is 15.9 Å². The van der Waals surface area contributed by atoms with E-state index in [1.54, 1.807) is 6.92 Å². The maximum Gasteiger partial charge on any atom is 0.154 e. The SMILES string of the molecule is C[C@@H]1OC(CBr)[C@@H](O)[C@@H]1F. The van der Waals surface area contributed by atoms with Crippen LogP contribution in [0.3, 0.4) is 0 Å². The Morgan fingerprint density at radius 2 is 2.30 bits per heavy atom. The number of alkyl halides is 2. The maximum atomic E-state index is 12.8. The van der Waals surface area contributed by atoms with Gasteiger partial charge in [-0.25, -0.2) is 4.39 Å². The molecule has 1 rings (SSSR count). The molecule has 0 spiro atoms. The Labute approximate surface area is 67.5 Å². The Kier molecular flexibility index (Phi) is 2.66. The molecule has 0 saturated carbocycles. The van der Waals surface area contributed by atoms with Crippen LogP contribution in [-0.4, -0.2) is 34.9 Å². The van der Waals surface area contributed by atoms with E-state index >= 15 is 0 Å². The van der Waals surface area contributed by atoms with Crippen molar-refractivity contribution in [3.8, 4) is 0 Å². The number of aliphatic hydroxyl groups excluding tert-OH is 1. The van der Waals surface area contributed by atoms with Gasteiger partial charge in [-0.05, 0) is 6.92 Å². The van der Waals surface area contributed by atoms with Crippen LogP contribution in [0.4, 0.5) is 4.39 Å². The molecule has 1 saturated heterocycles. The van der Waals surface area contributed by atoms with Gasteiger partial charge >= 0.3 is 0 Å². The third-order valence-electron chi connectivity index (χ3n) is 1.70. The summed E-state index contributed by atoms with van der Waals surface area (Å²) in [5, 5.41) is 9.58. The Morgan fingerprint density at radius 3 is 2.50 bits per heavy atom. The fourth-order valence-corrected chi connectivity index (χ4v) is 1.58. The first-order valence-corrected chi connectivity index (χ1v) is 4.32. The maximum absolute atomic E-state index is 12.8. The number of hydrogen-bond donors (Lipinski definition) is 1. The van der Waals surface area contributed by atoms with E-state index in [0.29, 0.717) is 5.33 Å². The lowest BCUT2D eigenvalue weighted by Gasteiger charge is -2.08. The Hall–Kier alpha value is 0.330. The van der Waals surface area contributed by atoms with E-state index in [-0.39, 0.29) is 6.10 Å². The van der Waals surface area contributed by atoms with Gasteiger partial charge in [0.1, 0.15) is 6.10 Å². The predicted molar refractivity (Wildman–Crippen MR) is 39.0 cm³/mol. The van der Waals surface area contributed by atoms with Gasteiger partial charge < -0.3 is 9.84 Å². The highest BCUT2D eigenvalue weighted by Gasteiger charge is 2.40. The van der Waals surface area contributed by atoms with Crippen molar-refractivity contribution in [3.05, 3.63) is 0 Å². The van der Waals surface area contributed by atoms with Crippen LogP contribution in [0, 0.1) is 0 Å². The molecular weight excluding hydrogens is 203 g/mol. The van der Waals surface area contributed by atoms with Gasteiger partial charge in [-0.1, -0.05) is 15.9 Å². The zero-order valence-electron chi connectivity index (χ0n) is 5.63. The molecule has 4 heteroatoms. The second kappa shape index (κ2) is 3.15. The van der Waals surface area contributed by atoms with E-state index in [1.165, 1.54) is 0 Å². The molecule has 0 aromatic rings. The van der Waals surface area contributed by atoms with Crippen molar-refractivity contribution in [3.63, 3.8) is 0 Å². The van der Waals surface area contributed by atoms with Crippen molar-refractivity contribution < 1.29 is 14.2 Å². The molecule has 1 aliphatic rings. The van der Waals surface area contributed by atoms with Gasteiger partial charge in [0, 0.05) is 5.33 Å². The van der Waals surface area contributed by atoms with Crippen LogP contribution < -0.4 is 0 Å². The highest BCUT2D eigenvalue weighted by Crippen LogP contribution is 2.24. The summed E-state index contributed by atoms with van der Waals surface area (Å²) >= 11 is 3.12. The van der Waals surface area contributed by atoms with E-state index in [0.717, 1.165) is 0 Å². The van der Waals surface area contributed by atoms with Gasteiger partial charge in [0.05, 0.1) is 12.2 Å². The summed E-state index contributed by atoms with van der Waals surface area (Å²) in [6.07, 6.45) is -3.06. The minimum absolute atomic E-state index is 0.384. The fraction of sp³-hybridized carbons (Fsp3) is 1.00. The first-order chi connectivity index (χ1) is 4.66. The zero-order valence-corrected chi connectivity index (χ0v) is 7.21. The second-order valence-electron chi connectivity index (χ2n) is 2.47. The molecule has 0 radical (unpaired) electrons. The highest BCUT2D eigenvalue weighted by molar-refractivity contribution is 9.09. The first-order valence-electron chi connectivity index (χ1n) is 3.20. The largest absolute Gasteiger partial charge is 0.387 e. The van der Waals surface area contributed by atoms with Crippen LogP contribution in [0.2, 0.25) is 0 Å². The highest BCUT2D eigenvalue weighted by atomic mass is 79.9. The Morgan fingerprint density at radius 1 is 1.70 bits per heavy atom. The summed E-state index contributed by atoms with van der Waals surface area (Å²) in [6, 6.07) is 0. The zero-order chi connectivity index (χ0) is 7.72. The summed E-state index contributed by atoms with van der Waals surface area (Å²) in [7, 11) is 0. The van der Waals surface area contributed by atoms with Crippen LogP contribution in [0.1, 0.15) is 6.92 Å². The molecule has 1 N–H and O–H groups in total. The van der Waals surface area contributed by atoms with Crippen LogP contribution in [-0.2, 0) is 4.74 Å². The minimum Gasteiger partial charge on any atom is -0.387 e. The van der Waals surface area contributed by atoms with Crippen molar-refractivity contribution in [1.29, 1.82) is 0 Å². The number of hydrogen-bond acceptors (Lipinski definition) is 2. The molecule has 4 atom stereocenters. The molecule has 1 unspecified atom stereocenters. The topological polar surface area (TPSA) is 29.5 Å². The van der Waals surface area contributed by atoms with Crippen LogP contribution in [0.25, 0.3) is 0 Å². The molecule has 0 aromatic heterocycles. The van der Waals surface area contributed by atoms with Gasteiger partial charge in [0.2, 0.25) is 0 Å². The van der Waals surface area contributed by atoms with Gasteiger partial charge in [0.15, 0.2) is 6.17 Å². The van der Waals surface area contributed by atoms with E-state index in [9.17, 15) is 4.39 Å². The molecule has 1 fully saturated rings. The molecule has 0 amide bonds. The molecule has 0 bridgehead atoms. The normalized spacial score (nSPS) is 48.0. The van der Waals surface area contributed by atoms with E-state index in [1.807, 2.05) is 0 Å². The third kappa shape index (κ3) is 1.33. The number of rotatable bonds is 1. The molecule has 0 aliphatic carbocycles. The lowest BCUT2D eigenvalue weighted by Crippen LogP contribution is -2.29. The monoisotopic (exact) mass is 212 g/mol. The number of halogens is 2. The second-order valence-corrected chi connectivity index (χ2v) is 3.12. The molecule has 2 nitrogen and oxygen atoms in total. The van der Waals surface area contributed by atoms with Crippen molar-refractivity contribution in [2.75, 3.05) is 5.33 Å². The minimum atomic E-state index is -1.23. The average Bonchev–Trinajstić information content (AvgIpc) is 2.17. The lowest BCUT2D eigenvalue weighted by molar-refractivity contribution is 0.0324. The van der Waals surface area contributed by atoms with Gasteiger partial charge in [-0.15, -0.1) is 0 Å². The molecule has 60 valence electrons. The van der Waals surface area contributed by atoms with Crippen molar-refractivity contribution >= 4 is 15.9 Å². The van der Waals surface area contributed by atoms with Crippen LogP contribution in [0.5, 0.6) is 0 Å². The van der Waals surface area contributed by atoms with Crippen molar-refractivity contribution in [2.24, 2.45) is 0 Å². The number of ether oxygens (including phenoxy) is 1. The van der Waals surface area contributed by atoms with Crippen LogP contribution >= 0.6 is 15.9 Å². The van der Waals surface area contributed by atoms with Crippen molar-refractivity contribution in [2.45, 2.75) is 31.4 Å². The third-order valence-corrected chi connectivity index (χ3v) is 2.34. The van der Waals surface area contributed by atoms with Crippen molar-refractivity contribution in [1.82, 2.24) is 0 Å². The molecule has 1 aliphatic heterocycles. The molecule has 10 heavy (non-hydrogen) atoms. The number of aliphatic hydroxyl groups is 1. The van der Waals surface area contributed by atoms with Gasteiger partial charge in [-0.2, -0.15) is 0 Å². The summed E-state index contributed by atoms with van der Waals surface area (Å²) < 4.78 is 17.8. The first kappa shape index (κ1) is 8.43. The summed E-state index contributed by atoms with van der Waals surface area (Å²) in [4.78, 5) is 0. The Balaban J connectivity index is 2.53. The molecule has 1 heterocycles. The Bertz CT molecular complexity index is 122. The molecular formula is C6H10BrFO2. The van der Waals surface area contributed by atoms with Gasteiger partial charge in [-0.3, -0.25) is 0 Å². The lowest BCUT2D eigenvalue weighted by atomic mass is 10.1. The quantitative estimate of drug-likeness (QED) is 0.655. The summed E-state index contributed by atoms with van der Waals surface area (Å²) in [5.74, 6) is 0. The summed E-state index contributed by atoms with van der Waals surface area (Å²) in [6.45, 7) is 1.62. The predicted octanol–water partition coefficient (Wildman–Crippen LogP) is 0.868.